The number of rotatable bonds is 4. The number of hydrogen-bond donors (Lipinski definition) is 1. The normalized spacial score (nSPS) is 10.3. The molecular weight excluding hydrogens is 252 g/mol. The van der Waals surface area contributed by atoms with E-state index < -0.39 is 5.97 Å². The molecule has 2 N–H and O–H groups in total. The number of methoxy groups -OCH3 is 1. The van der Waals surface area contributed by atoms with Gasteiger partial charge in [-0.05, 0) is 18.2 Å². The predicted molar refractivity (Wildman–Crippen MR) is 68.3 cm³/mol. The summed E-state index contributed by atoms with van der Waals surface area (Å²) in [6.07, 6.45) is 3.28. The van der Waals surface area contributed by atoms with Gasteiger partial charge < -0.3 is 14.9 Å². The largest absolute Gasteiger partial charge is 0.463 e. The number of carbonyl (C=O) groups is 1. The van der Waals surface area contributed by atoms with Gasteiger partial charge in [0, 0.05) is 11.1 Å². The number of anilines is 1. The van der Waals surface area contributed by atoms with E-state index in [-0.39, 0.29) is 5.76 Å². The molecule has 0 aliphatic carbocycles. The SMILES string of the molecule is COC(=O)c1ccc(CSc2ccncc2N)o1. The molecule has 0 fully saturated rings. The first-order valence-corrected chi connectivity index (χ1v) is 6.18. The Labute approximate surface area is 108 Å². The van der Waals surface area contributed by atoms with Gasteiger partial charge in [-0.3, -0.25) is 4.98 Å². The van der Waals surface area contributed by atoms with Gasteiger partial charge >= 0.3 is 5.97 Å². The minimum absolute atomic E-state index is 0.204. The molecule has 2 aromatic heterocycles. The van der Waals surface area contributed by atoms with E-state index in [4.69, 9.17) is 10.2 Å². The Balaban J connectivity index is 2.01. The number of thioether (sulfide) groups is 1. The van der Waals surface area contributed by atoms with Crippen molar-refractivity contribution in [2.45, 2.75) is 10.6 Å². The Bertz CT molecular complexity index is 554. The Hall–Kier alpha value is -1.95. The van der Waals surface area contributed by atoms with Crippen molar-refractivity contribution in [3.63, 3.8) is 0 Å². The fourth-order valence-corrected chi connectivity index (χ4v) is 2.17. The van der Waals surface area contributed by atoms with Crippen molar-refractivity contribution in [1.29, 1.82) is 0 Å². The standard InChI is InChI=1S/C12H12N2O3S/c1-16-12(15)10-3-2-8(17-10)7-18-11-4-5-14-6-9(11)13/h2-6H,7,13H2,1H3. The second kappa shape index (κ2) is 5.59. The molecule has 0 aromatic carbocycles. The molecule has 0 amide bonds. The van der Waals surface area contributed by atoms with Crippen LogP contribution in [0.2, 0.25) is 0 Å². The molecule has 94 valence electrons. The number of hydrogen-bond acceptors (Lipinski definition) is 6. The van der Waals surface area contributed by atoms with Crippen LogP contribution in [-0.2, 0) is 10.5 Å². The summed E-state index contributed by atoms with van der Waals surface area (Å²) in [5.41, 5.74) is 6.40. The van der Waals surface area contributed by atoms with Crippen LogP contribution in [0.4, 0.5) is 5.69 Å². The second-order valence-electron chi connectivity index (χ2n) is 3.46. The maximum absolute atomic E-state index is 11.2. The van der Waals surface area contributed by atoms with E-state index in [1.165, 1.54) is 18.9 Å². The van der Waals surface area contributed by atoms with Crippen LogP contribution in [0.5, 0.6) is 0 Å². The summed E-state index contributed by atoms with van der Waals surface area (Å²) in [5.74, 6) is 1.01. The lowest BCUT2D eigenvalue weighted by Gasteiger charge is -2.02. The number of nitrogen functional groups attached to an aromatic ring is 1. The molecule has 0 bridgehead atoms. The van der Waals surface area contributed by atoms with Crippen LogP contribution in [0.25, 0.3) is 0 Å². The molecule has 18 heavy (non-hydrogen) atoms. The van der Waals surface area contributed by atoms with E-state index in [2.05, 4.69) is 9.72 Å². The van der Waals surface area contributed by atoms with Crippen molar-refractivity contribution in [2.75, 3.05) is 12.8 Å². The number of carbonyl (C=O) groups excluding carboxylic acids is 1. The van der Waals surface area contributed by atoms with Crippen molar-refractivity contribution in [1.82, 2.24) is 4.98 Å². The number of aromatic nitrogens is 1. The van der Waals surface area contributed by atoms with Crippen LogP contribution < -0.4 is 5.73 Å². The van der Waals surface area contributed by atoms with Crippen LogP contribution >= 0.6 is 11.8 Å². The molecular formula is C12H12N2O3S. The average molecular weight is 264 g/mol. The minimum Gasteiger partial charge on any atom is -0.463 e. The van der Waals surface area contributed by atoms with E-state index in [1.54, 1.807) is 24.5 Å². The van der Waals surface area contributed by atoms with E-state index in [0.29, 0.717) is 17.2 Å². The highest BCUT2D eigenvalue weighted by Crippen LogP contribution is 2.27. The molecule has 2 rings (SSSR count). The Morgan fingerprint density at radius 2 is 2.33 bits per heavy atom. The molecule has 0 aliphatic rings. The second-order valence-corrected chi connectivity index (χ2v) is 4.48. The van der Waals surface area contributed by atoms with E-state index in [9.17, 15) is 4.79 Å². The van der Waals surface area contributed by atoms with E-state index >= 15 is 0 Å². The summed E-state index contributed by atoms with van der Waals surface area (Å²) in [6.45, 7) is 0. The molecule has 2 aromatic rings. The summed E-state index contributed by atoms with van der Waals surface area (Å²) >= 11 is 1.52. The van der Waals surface area contributed by atoms with Gasteiger partial charge in [-0.25, -0.2) is 4.79 Å². The quantitative estimate of drug-likeness (QED) is 0.674. The number of ether oxygens (including phenoxy) is 1. The lowest BCUT2D eigenvalue weighted by Crippen LogP contribution is -1.98. The maximum atomic E-state index is 11.2. The summed E-state index contributed by atoms with van der Waals surface area (Å²) in [5, 5.41) is 0. The van der Waals surface area contributed by atoms with Crippen molar-refractivity contribution >= 4 is 23.4 Å². The topological polar surface area (TPSA) is 78.3 Å². The van der Waals surface area contributed by atoms with E-state index in [1.807, 2.05) is 6.07 Å². The third kappa shape index (κ3) is 2.84. The van der Waals surface area contributed by atoms with Crippen LogP contribution in [0.15, 0.2) is 39.9 Å². The zero-order valence-corrected chi connectivity index (χ0v) is 10.6. The molecule has 0 saturated carbocycles. The predicted octanol–water partition coefficient (Wildman–Crippen LogP) is 2.34. The molecule has 0 aliphatic heterocycles. The molecule has 0 saturated heterocycles. The van der Waals surface area contributed by atoms with Crippen LogP contribution in [0.3, 0.4) is 0 Å². The minimum atomic E-state index is -0.477. The van der Waals surface area contributed by atoms with Gasteiger partial charge in [0.1, 0.15) is 5.76 Å². The third-order valence-corrected chi connectivity index (χ3v) is 3.34. The smallest absolute Gasteiger partial charge is 0.373 e. The molecule has 0 radical (unpaired) electrons. The van der Waals surface area contributed by atoms with Crippen molar-refractivity contribution < 1.29 is 13.9 Å². The van der Waals surface area contributed by atoms with Gasteiger partial charge in [0.2, 0.25) is 5.76 Å². The fourth-order valence-electron chi connectivity index (χ4n) is 1.34. The first-order chi connectivity index (χ1) is 8.70. The summed E-state index contributed by atoms with van der Waals surface area (Å²) < 4.78 is 9.91. The van der Waals surface area contributed by atoms with Crippen LogP contribution in [0, 0.1) is 0 Å². The lowest BCUT2D eigenvalue weighted by molar-refractivity contribution is 0.0563. The third-order valence-electron chi connectivity index (χ3n) is 2.23. The van der Waals surface area contributed by atoms with Gasteiger partial charge in [-0.15, -0.1) is 11.8 Å². The zero-order chi connectivity index (χ0) is 13.0. The Kier molecular flexibility index (Phi) is 3.88. The monoisotopic (exact) mass is 264 g/mol. The summed E-state index contributed by atoms with van der Waals surface area (Å²) in [6, 6.07) is 5.18. The van der Waals surface area contributed by atoms with Gasteiger partial charge in [-0.2, -0.15) is 0 Å². The Morgan fingerprint density at radius 3 is 3.06 bits per heavy atom. The maximum Gasteiger partial charge on any atom is 0.373 e. The average Bonchev–Trinajstić information content (AvgIpc) is 2.86. The Morgan fingerprint density at radius 1 is 1.50 bits per heavy atom. The molecule has 0 spiro atoms. The van der Waals surface area contributed by atoms with Crippen LogP contribution in [0.1, 0.15) is 16.3 Å². The first kappa shape index (κ1) is 12.5. The first-order valence-electron chi connectivity index (χ1n) is 5.20. The molecule has 5 nitrogen and oxygen atoms in total. The van der Waals surface area contributed by atoms with Crippen molar-refractivity contribution in [2.24, 2.45) is 0 Å². The molecule has 0 atom stereocenters. The van der Waals surface area contributed by atoms with Gasteiger partial charge in [0.15, 0.2) is 0 Å². The van der Waals surface area contributed by atoms with Gasteiger partial charge in [0.25, 0.3) is 0 Å². The highest BCUT2D eigenvalue weighted by atomic mass is 32.2. The van der Waals surface area contributed by atoms with Crippen molar-refractivity contribution in [3.8, 4) is 0 Å². The molecule has 0 unspecified atom stereocenters. The van der Waals surface area contributed by atoms with Gasteiger partial charge in [-0.1, -0.05) is 0 Å². The number of nitrogens with two attached hydrogens (primary N) is 1. The van der Waals surface area contributed by atoms with Crippen molar-refractivity contribution in [3.05, 3.63) is 42.1 Å². The number of nitrogens with zero attached hydrogens (tertiary/aromatic N) is 1. The summed E-state index contributed by atoms with van der Waals surface area (Å²) in [4.78, 5) is 16.1. The fraction of sp³-hybridized carbons (Fsp3) is 0.167. The zero-order valence-electron chi connectivity index (χ0n) is 9.75. The highest BCUT2D eigenvalue weighted by molar-refractivity contribution is 7.98. The number of esters is 1. The molecule has 2 heterocycles. The number of furan rings is 1. The highest BCUT2D eigenvalue weighted by Gasteiger charge is 2.11. The lowest BCUT2D eigenvalue weighted by atomic mass is 10.4. The molecule has 6 heteroatoms. The van der Waals surface area contributed by atoms with E-state index in [0.717, 1.165) is 4.90 Å². The van der Waals surface area contributed by atoms with Gasteiger partial charge in [0.05, 0.1) is 24.7 Å². The number of pyridine rings is 1. The summed E-state index contributed by atoms with van der Waals surface area (Å²) in [7, 11) is 1.32. The van der Waals surface area contributed by atoms with Crippen LogP contribution in [-0.4, -0.2) is 18.1 Å².